The number of hydrogen-bond donors (Lipinski definition) is 0. The molecular weight excluding hydrogens is 312 g/mol. The highest BCUT2D eigenvalue weighted by Gasteiger charge is 2.19. The topological polar surface area (TPSA) is 86.7 Å². The molecule has 4 aromatic heterocycles. The molecule has 0 aliphatic heterocycles. The zero-order chi connectivity index (χ0) is 14.4. The fraction of sp³-hybridized carbons (Fsp3) is 0.0909. The van der Waals surface area contributed by atoms with Gasteiger partial charge in [0.05, 0.1) is 17.4 Å². The molecular formula is C11H7ClN8S. The van der Waals surface area contributed by atoms with Gasteiger partial charge in [0.25, 0.3) is 0 Å². The summed E-state index contributed by atoms with van der Waals surface area (Å²) in [7, 11) is 1.81. The zero-order valence-corrected chi connectivity index (χ0v) is 12.2. The molecule has 0 amide bonds. The highest BCUT2D eigenvalue weighted by molar-refractivity contribution is 7.19. The summed E-state index contributed by atoms with van der Waals surface area (Å²) in [5.41, 5.74) is 1.36. The number of aromatic nitrogens is 8. The van der Waals surface area contributed by atoms with Gasteiger partial charge in [-0.25, -0.2) is 4.98 Å². The van der Waals surface area contributed by atoms with Gasteiger partial charge in [-0.3, -0.25) is 9.67 Å². The van der Waals surface area contributed by atoms with Crippen molar-refractivity contribution in [2.45, 2.75) is 0 Å². The van der Waals surface area contributed by atoms with Crippen molar-refractivity contribution < 1.29 is 0 Å². The maximum absolute atomic E-state index is 6.15. The molecule has 0 unspecified atom stereocenters. The molecule has 0 bridgehead atoms. The molecule has 0 aromatic carbocycles. The van der Waals surface area contributed by atoms with E-state index in [1.807, 2.05) is 7.05 Å². The quantitative estimate of drug-likeness (QED) is 0.559. The Bertz CT molecular complexity index is 905. The van der Waals surface area contributed by atoms with E-state index in [0.29, 0.717) is 21.5 Å². The van der Waals surface area contributed by atoms with Gasteiger partial charge >= 0.3 is 0 Å². The predicted molar refractivity (Wildman–Crippen MR) is 76.9 cm³/mol. The largest absolute Gasteiger partial charge is 0.264 e. The lowest BCUT2D eigenvalue weighted by molar-refractivity contribution is 0.772. The standard InChI is InChI=1S/C11H7ClN8S/c1-19-8(6(12)4-15-19)10-18-20-9(16-17-11(20)21-10)7-5-13-2-3-14-7/h2-5H,1H3. The SMILES string of the molecule is Cn1ncc(Cl)c1-c1nn2c(-c3cnccn3)nnc2s1. The molecule has 104 valence electrons. The number of hydrogen-bond acceptors (Lipinski definition) is 7. The fourth-order valence-electron chi connectivity index (χ4n) is 1.94. The Kier molecular flexibility index (Phi) is 2.69. The molecule has 0 aliphatic carbocycles. The first-order valence-electron chi connectivity index (χ1n) is 5.90. The van der Waals surface area contributed by atoms with Gasteiger partial charge in [0.15, 0.2) is 5.01 Å². The Morgan fingerprint density at radius 1 is 1.19 bits per heavy atom. The number of fused-ring (bicyclic) bond motifs is 1. The van der Waals surface area contributed by atoms with Crippen LogP contribution < -0.4 is 0 Å². The number of aryl methyl sites for hydroxylation is 1. The molecule has 8 nitrogen and oxygen atoms in total. The lowest BCUT2D eigenvalue weighted by Crippen LogP contribution is -1.96. The lowest BCUT2D eigenvalue weighted by Gasteiger charge is -1.97. The summed E-state index contributed by atoms with van der Waals surface area (Å²) >= 11 is 7.53. The minimum Gasteiger partial charge on any atom is -0.264 e. The van der Waals surface area contributed by atoms with Crippen LogP contribution in [0.25, 0.3) is 27.2 Å². The minimum atomic E-state index is 0.541. The number of halogens is 1. The summed E-state index contributed by atoms with van der Waals surface area (Å²) in [4.78, 5) is 8.90. The van der Waals surface area contributed by atoms with Crippen molar-refractivity contribution >= 4 is 27.9 Å². The molecule has 0 radical (unpaired) electrons. The van der Waals surface area contributed by atoms with Gasteiger partial charge in [-0.1, -0.05) is 22.9 Å². The van der Waals surface area contributed by atoms with Crippen molar-refractivity contribution in [2.75, 3.05) is 0 Å². The molecule has 4 rings (SSSR count). The summed E-state index contributed by atoms with van der Waals surface area (Å²) in [5, 5.41) is 18.1. The monoisotopic (exact) mass is 318 g/mol. The average Bonchev–Trinajstić information content (AvgIpc) is 3.14. The van der Waals surface area contributed by atoms with Gasteiger partial charge in [0.1, 0.15) is 11.4 Å². The Labute approximate surface area is 127 Å². The summed E-state index contributed by atoms with van der Waals surface area (Å²) in [6.45, 7) is 0. The Morgan fingerprint density at radius 3 is 2.81 bits per heavy atom. The van der Waals surface area contributed by atoms with Crippen LogP contribution in [-0.4, -0.2) is 39.6 Å². The molecule has 0 saturated heterocycles. The minimum absolute atomic E-state index is 0.541. The van der Waals surface area contributed by atoms with Crippen molar-refractivity contribution in [1.82, 2.24) is 39.6 Å². The summed E-state index contributed by atoms with van der Waals surface area (Å²) in [6.07, 6.45) is 6.40. The van der Waals surface area contributed by atoms with Crippen LogP contribution in [0, 0.1) is 0 Å². The third-order valence-electron chi connectivity index (χ3n) is 2.88. The maximum atomic E-state index is 6.15. The van der Waals surface area contributed by atoms with Gasteiger partial charge in [-0.15, -0.1) is 10.2 Å². The van der Waals surface area contributed by atoms with Crippen LogP contribution >= 0.6 is 22.9 Å². The maximum Gasteiger partial charge on any atom is 0.235 e. The van der Waals surface area contributed by atoms with Crippen molar-refractivity contribution in [3.8, 4) is 22.2 Å². The first-order valence-corrected chi connectivity index (χ1v) is 7.10. The van der Waals surface area contributed by atoms with Crippen LogP contribution in [0.15, 0.2) is 24.8 Å². The third-order valence-corrected chi connectivity index (χ3v) is 4.06. The van der Waals surface area contributed by atoms with E-state index in [-0.39, 0.29) is 0 Å². The van der Waals surface area contributed by atoms with Crippen molar-refractivity contribution in [3.05, 3.63) is 29.8 Å². The molecule has 0 atom stereocenters. The van der Waals surface area contributed by atoms with Crippen LogP contribution in [0.1, 0.15) is 0 Å². The van der Waals surface area contributed by atoms with Crippen molar-refractivity contribution in [1.29, 1.82) is 0 Å². The van der Waals surface area contributed by atoms with E-state index in [2.05, 4.69) is 30.4 Å². The van der Waals surface area contributed by atoms with E-state index in [1.54, 1.807) is 34.0 Å². The number of nitrogens with zero attached hydrogens (tertiary/aromatic N) is 8. The van der Waals surface area contributed by atoms with Gasteiger partial charge < -0.3 is 0 Å². The smallest absolute Gasteiger partial charge is 0.235 e. The second kappa shape index (κ2) is 4.57. The Morgan fingerprint density at radius 2 is 2.10 bits per heavy atom. The van der Waals surface area contributed by atoms with Crippen LogP contribution in [0.3, 0.4) is 0 Å². The Balaban J connectivity index is 1.91. The Hall–Kier alpha value is -2.39. The van der Waals surface area contributed by atoms with E-state index in [9.17, 15) is 0 Å². The van der Waals surface area contributed by atoms with Crippen LogP contribution in [-0.2, 0) is 7.05 Å². The molecule has 10 heteroatoms. The fourth-order valence-corrected chi connectivity index (χ4v) is 3.18. The van der Waals surface area contributed by atoms with E-state index in [4.69, 9.17) is 11.6 Å². The first-order chi connectivity index (χ1) is 10.2. The highest BCUT2D eigenvalue weighted by Crippen LogP contribution is 2.31. The van der Waals surface area contributed by atoms with Gasteiger partial charge in [0.2, 0.25) is 10.8 Å². The van der Waals surface area contributed by atoms with E-state index in [0.717, 1.165) is 10.7 Å². The predicted octanol–water partition coefficient (Wildman–Crippen LogP) is 1.70. The van der Waals surface area contributed by atoms with Gasteiger partial charge in [0, 0.05) is 19.4 Å². The van der Waals surface area contributed by atoms with Crippen LogP contribution in [0.5, 0.6) is 0 Å². The third kappa shape index (κ3) is 1.89. The molecule has 4 aromatic rings. The second-order valence-corrected chi connectivity index (χ2v) is 5.54. The molecule has 0 spiro atoms. The molecule has 21 heavy (non-hydrogen) atoms. The van der Waals surface area contributed by atoms with Crippen molar-refractivity contribution in [2.24, 2.45) is 7.05 Å². The van der Waals surface area contributed by atoms with Gasteiger partial charge in [-0.05, 0) is 0 Å². The number of rotatable bonds is 2. The molecule has 0 aliphatic rings. The van der Waals surface area contributed by atoms with Gasteiger partial charge in [-0.2, -0.15) is 14.7 Å². The second-order valence-electron chi connectivity index (χ2n) is 4.18. The zero-order valence-electron chi connectivity index (χ0n) is 10.7. The van der Waals surface area contributed by atoms with E-state index >= 15 is 0 Å². The van der Waals surface area contributed by atoms with E-state index < -0.39 is 0 Å². The normalized spacial score (nSPS) is 11.3. The van der Waals surface area contributed by atoms with Crippen molar-refractivity contribution in [3.63, 3.8) is 0 Å². The molecule has 4 heterocycles. The van der Waals surface area contributed by atoms with Crippen LogP contribution in [0.2, 0.25) is 5.02 Å². The molecule has 0 N–H and O–H groups in total. The first kappa shape index (κ1) is 12.4. The lowest BCUT2D eigenvalue weighted by atomic mass is 10.4. The van der Waals surface area contributed by atoms with Crippen LogP contribution in [0.4, 0.5) is 0 Å². The average molecular weight is 319 g/mol. The summed E-state index contributed by atoms with van der Waals surface area (Å²) in [6, 6.07) is 0. The summed E-state index contributed by atoms with van der Waals surface area (Å²) in [5.74, 6) is 0.541. The molecule has 0 fully saturated rings. The molecule has 0 saturated carbocycles. The highest BCUT2D eigenvalue weighted by atomic mass is 35.5. The summed E-state index contributed by atoms with van der Waals surface area (Å²) < 4.78 is 3.31. The van der Waals surface area contributed by atoms with E-state index in [1.165, 1.54) is 11.3 Å².